The number of carbonyl (C=O) groups is 1. The Labute approximate surface area is 136 Å². The smallest absolute Gasteiger partial charge is 0.336 e. The van der Waals surface area contributed by atoms with Gasteiger partial charge in [0.25, 0.3) is 0 Å². The molecule has 0 radical (unpaired) electrons. The molecule has 0 atom stereocenters. The molecule has 2 aromatic carbocycles. The zero-order valence-electron chi connectivity index (χ0n) is 12.8. The summed E-state index contributed by atoms with van der Waals surface area (Å²) in [6.45, 7) is 1.50. The van der Waals surface area contributed by atoms with E-state index in [0.29, 0.717) is 11.3 Å². The van der Waals surface area contributed by atoms with E-state index >= 15 is 0 Å². The molecule has 0 aliphatic carbocycles. The maximum atomic E-state index is 12.1. The van der Waals surface area contributed by atoms with Crippen molar-refractivity contribution in [3.05, 3.63) is 64.0 Å². The van der Waals surface area contributed by atoms with Crippen molar-refractivity contribution in [2.45, 2.75) is 6.92 Å². The molecule has 24 heavy (non-hydrogen) atoms. The van der Waals surface area contributed by atoms with Gasteiger partial charge < -0.3 is 19.4 Å². The summed E-state index contributed by atoms with van der Waals surface area (Å²) >= 11 is 0. The molecule has 3 aromatic rings. The van der Waals surface area contributed by atoms with Gasteiger partial charge in [-0.25, -0.2) is 4.79 Å². The van der Waals surface area contributed by atoms with Crippen LogP contribution in [0.2, 0.25) is 0 Å². The molecule has 0 saturated carbocycles. The molecule has 1 heterocycles. The Morgan fingerprint density at radius 1 is 1.12 bits per heavy atom. The Morgan fingerprint density at radius 3 is 2.67 bits per heavy atom. The lowest BCUT2D eigenvalue weighted by molar-refractivity contribution is 0.0919. The van der Waals surface area contributed by atoms with E-state index in [1.165, 1.54) is 24.3 Å². The van der Waals surface area contributed by atoms with Crippen LogP contribution in [0.15, 0.2) is 51.7 Å². The van der Waals surface area contributed by atoms with Gasteiger partial charge in [-0.05, 0) is 36.8 Å². The van der Waals surface area contributed by atoms with Crippen LogP contribution in [0, 0.1) is 6.92 Å². The van der Waals surface area contributed by atoms with Gasteiger partial charge in [0.1, 0.15) is 22.8 Å². The first-order chi connectivity index (χ1) is 11.4. The number of phenolic OH excluding ortho intramolecular Hbond substituents is 2. The molecular formula is C18H14O6. The number of aryl methyl sites for hydroxylation is 1. The van der Waals surface area contributed by atoms with Gasteiger partial charge in [0.2, 0.25) is 5.78 Å². The minimum atomic E-state index is -0.456. The molecule has 6 nitrogen and oxygen atoms in total. The number of ether oxygens (including phenoxy) is 1. The van der Waals surface area contributed by atoms with Crippen LogP contribution in [-0.4, -0.2) is 22.6 Å². The summed E-state index contributed by atoms with van der Waals surface area (Å²) in [5.41, 5.74) is 0.758. The number of benzene rings is 2. The molecule has 0 aliphatic rings. The highest BCUT2D eigenvalue weighted by atomic mass is 16.5. The van der Waals surface area contributed by atoms with E-state index in [2.05, 4.69) is 0 Å². The molecule has 2 N–H and O–H groups in total. The van der Waals surface area contributed by atoms with Gasteiger partial charge in [0.05, 0.1) is 5.56 Å². The van der Waals surface area contributed by atoms with Crippen LogP contribution in [0.25, 0.3) is 11.0 Å². The van der Waals surface area contributed by atoms with Crippen molar-refractivity contribution in [2.24, 2.45) is 0 Å². The van der Waals surface area contributed by atoms with Crippen molar-refractivity contribution in [1.29, 1.82) is 0 Å². The maximum Gasteiger partial charge on any atom is 0.336 e. The number of ketones is 1. The monoisotopic (exact) mass is 326 g/mol. The zero-order chi connectivity index (χ0) is 17.3. The van der Waals surface area contributed by atoms with Crippen molar-refractivity contribution in [3.63, 3.8) is 0 Å². The third-order valence-corrected chi connectivity index (χ3v) is 3.57. The molecule has 122 valence electrons. The average Bonchev–Trinajstić information content (AvgIpc) is 2.52. The van der Waals surface area contributed by atoms with Crippen molar-refractivity contribution in [3.8, 4) is 17.2 Å². The Morgan fingerprint density at radius 2 is 1.92 bits per heavy atom. The highest BCUT2D eigenvalue weighted by Gasteiger charge is 2.13. The van der Waals surface area contributed by atoms with E-state index in [1.54, 1.807) is 19.1 Å². The zero-order valence-corrected chi connectivity index (χ0v) is 12.8. The molecule has 1 aromatic heterocycles. The fourth-order valence-corrected chi connectivity index (χ4v) is 2.38. The van der Waals surface area contributed by atoms with Crippen LogP contribution in [0.3, 0.4) is 0 Å². The molecule has 6 heteroatoms. The summed E-state index contributed by atoms with van der Waals surface area (Å²) in [5, 5.41) is 19.7. The lowest BCUT2D eigenvalue weighted by atomic mass is 10.1. The number of aromatic hydroxyl groups is 2. The van der Waals surface area contributed by atoms with Crippen molar-refractivity contribution in [2.75, 3.05) is 6.61 Å². The second-order valence-electron chi connectivity index (χ2n) is 5.32. The third kappa shape index (κ3) is 3.08. The van der Waals surface area contributed by atoms with E-state index < -0.39 is 11.4 Å². The largest absolute Gasteiger partial charge is 0.508 e. The van der Waals surface area contributed by atoms with Crippen molar-refractivity contribution in [1.82, 2.24) is 0 Å². The first-order valence-electron chi connectivity index (χ1n) is 7.16. The van der Waals surface area contributed by atoms with Crippen LogP contribution < -0.4 is 10.4 Å². The molecule has 0 spiro atoms. The molecule has 0 amide bonds. The molecule has 0 bridgehead atoms. The average molecular weight is 326 g/mol. The number of rotatable bonds is 4. The summed E-state index contributed by atoms with van der Waals surface area (Å²) in [7, 11) is 0. The van der Waals surface area contributed by atoms with E-state index in [0.717, 1.165) is 17.0 Å². The summed E-state index contributed by atoms with van der Waals surface area (Å²) in [4.78, 5) is 23.5. The summed E-state index contributed by atoms with van der Waals surface area (Å²) in [5.74, 6) is -0.533. The van der Waals surface area contributed by atoms with E-state index in [9.17, 15) is 19.8 Å². The lowest BCUT2D eigenvalue weighted by Crippen LogP contribution is -2.11. The van der Waals surface area contributed by atoms with E-state index in [-0.39, 0.29) is 23.7 Å². The van der Waals surface area contributed by atoms with Gasteiger partial charge >= 0.3 is 5.63 Å². The fraction of sp³-hybridized carbons (Fsp3) is 0.111. The minimum Gasteiger partial charge on any atom is -0.508 e. The standard InChI is InChI=1S/C18H14O6/c1-10-6-18(22)24-17-8-12(3-5-13(10)17)23-9-16(21)14-4-2-11(19)7-15(14)20/h2-8,19-20H,9H2,1H3. The molecule has 0 saturated heterocycles. The highest BCUT2D eigenvalue weighted by molar-refractivity contribution is 5.99. The molecule has 0 aliphatic heterocycles. The van der Waals surface area contributed by atoms with Gasteiger partial charge in [-0.1, -0.05) is 0 Å². The first-order valence-corrected chi connectivity index (χ1v) is 7.16. The Bertz CT molecular complexity index is 986. The minimum absolute atomic E-state index is 0.0518. The maximum absolute atomic E-state index is 12.1. The number of carbonyl (C=O) groups excluding carboxylic acids is 1. The summed E-state index contributed by atoms with van der Waals surface area (Å²) < 4.78 is 10.5. The normalized spacial score (nSPS) is 10.7. The fourth-order valence-electron chi connectivity index (χ4n) is 2.38. The second-order valence-corrected chi connectivity index (χ2v) is 5.32. The molecule has 3 rings (SSSR count). The number of Topliss-reactive ketones (excluding diaryl/α,β-unsaturated/α-hetero) is 1. The topological polar surface area (TPSA) is 97.0 Å². The van der Waals surface area contributed by atoms with Crippen LogP contribution in [0.5, 0.6) is 17.2 Å². The first kappa shape index (κ1) is 15.6. The van der Waals surface area contributed by atoms with Crippen LogP contribution in [-0.2, 0) is 0 Å². The number of hydrogen-bond donors (Lipinski definition) is 2. The van der Waals surface area contributed by atoms with E-state index in [4.69, 9.17) is 9.15 Å². The number of hydrogen-bond acceptors (Lipinski definition) is 6. The second kappa shape index (κ2) is 6.08. The van der Waals surface area contributed by atoms with E-state index in [1.807, 2.05) is 0 Å². The number of phenols is 2. The van der Waals surface area contributed by atoms with Gasteiger partial charge in [0, 0.05) is 23.6 Å². The van der Waals surface area contributed by atoms with Crippen molar-refractivity contribution < 1.29 is 24.2 Å². The van der Waals surface area contributed by atoms with Crippen LogP contribution >= 0.6 is 0 Å². The molecule has 0 unspecified atom stereocenters. The Balaban J connectivity index is 1.80. The Kier molecular flexibility index (Phi) is 3.95. The van der Waals surface area contributed by atoms with Crippen LogP contribution in [0.4, 0.5) is 0 Å². The highest BCUT2D eigenvalue weighted by Crippen LogP contribution is 2.25. The lowest BCUT2D eigenvalue weighted by Gasteiger charge is -2.08. The summed E-state index contributed by atoms with van der Waals surface area (Å²) in [6.07, 6.45) is 0. The molecular weight excluding hydrogens is 312 g/mol. The Hall–Kier alpha value is -3.28. The summed E-state index contributed by atoms with van der Waals surface area (Å²) in [6, 6.07) is 10.1. The predicted octanol–water partition coefficient (Wildman–Crippen LogP) is 2.77. The third-order valence-electron chi connectivity index (χ3n) is 3.57. The molecule has 0 fully saturated rings. The van der Waals surface area contributed by atoms with Gasteiger partial charge in [-0.3, -0.25) is 4.79 Å². The SMILES string of the molecule is Cc1cc(=O)oc2cc(OCC(=O)c3ccc(O)cc3O)ccc12. The number of fused-ring (bicyclic) bond motifs is 1. The van der Waals surface area contributed by atoms with Crippen molar-refractivity contribution >= 4 is 16.8 Å². The van der Waals surface area contributed by atoms with Crippen LogP contribution in [0.1, 0.15) is 15.9 Å². The van der Waals surface area contributed by atoms with Gasteiger partial charge in [0.15, 0.2) is 6.61 Å². The predicted molar refractivity (Wildman–Crippen MR) is 86.8 cm³/mol. The quantitative estimate of drug-likeness (QED) is 0.565. The van der Waals surface area contributed by atoms with Gasteiger partial charge in [-0.15, -0.1) is 0 Å². The van der Waals surface area contributed by atoms with Gasteiger partial charge in [-0.2, -0.15) is 0 Å².